The zero-order chi connectivity index (χ0) is 20.1. The quantitative estimate of drug-likeness (QED) is 0.630. The summed E-state index contributed by atoms with van der Waals surface area (Å²) in [5.74, 6) is 0.00254. The molecule has 0 aliphatic carbocycles. The van der Waals surface area contributed by atoms with Gasteiger partial charge in [0.05, 0.1) is 38.0 Å². The number of para-hydroxylation sites is 1. The molecule has 0 saturated carbocycles. The number of likely N-dealkylation sites (N-methyl/N-ethyl adjacent to an activating group) is 1. The van der Waals surface area contributed by atoms with Gasteiger partial charge in [0.1, 0.15) is 17.1 Å². The van der Waals surface area contributed by atoms with E-state index in [0.717, 1.165) is 29.9 Å². The van der Waals surface area contributed by atoms with Crippen LogP contribution in [0.15, 0.2) is 42.5 Å². The Morgan fingerprint density at radius 2 is 1.96 bits per heavy atom. The van der Waals surface area contributed by atoms with Crippen molar-refractivity contribution in [2.75, 3.05) is 38.2 Å². The van der Waals surface area contributed by atoms with Crippen LogP contribution in [0, 0.1) is 5.82 Å². The van der Waals surface area contributed by atoms with E-state index in [1.807, 2.05) is 18.2 Å². The van der Waals surface area contributed by atoms with E-state index < -0.39 is 5.82 Å². The van der Waals surface area contributed by atoms with E-state index in [9.17, 15) is 9.18 Å². The number of quaternary nitrogens is 1. The first-order valence-corrected chi connectivity index (χ1v) is 10.2. The number of aromatic nitrogens is 1. The van der Waals surface area contributed by atoms with Gasteiger partial charge in [-0.05, 0) is 44.2 Å². The first-order chi connectivity index (χ1) is 13.6. The van der Waals surface area contributed by atoms with Crippen molar-refractivity contribution < 1.29 is 18.8 Å². The molecule has 0 saturated heterocycles. The van der Waals surface area contributed by atoms with Crippen molar-refractivity contribution in [2.24, 2.45) is 0 Å². The molecule has 0 aliphatic heterocycles. The molecular weight excluding hydrogens is 377 g/mol. The van der Waals surface area contributed by atoms with Crippen LogP contribution >= 0.6 is 11.3 Å². The summed E-state index contributed by atoms with van der Waals surface area (Å²) >= 11 is 1.44. The summed E-state index contributed by atoms with van der Waals surface area (Å²) in [5.41, 5.74) is 1.05. The fourth-order valence-electron chi connectivity index (χ4n) is 3.13. The lowest BCUT2D eigenvalue weighted by Crippen LogP contribution is -3.12. The molecule has 0 aliphatic rings. The fourth-order valence-corrected chi connectivity index (χ4v) is 4.13. The van der Waals surface area contributed by atoms with Crippen molar-refractivity contribution in [3.05, 3.63) is 53.8 Å². The highest BCUT2D eigenvalue weighted by molar-refractivity contribution is 7.22. The summed E-state index contributed by atoms with van der Waals surface area (Å²) in [5, 5.41) is 0.598. The maximum atomic E-state index is 13.7. The molecule has 5 nitrogen and oxygen atoms in total. The number of amides is 1. The molecule has 0 radical (unpaired) electrons. The molecule has 0 unspecified atom stereocenters. The van der Waals surface area contributed by atoms with Gasteiger partial charge in [-0.2, -0.15) is 0 Å². The molecule has 3 aromatic rings. The number of hydrogen-bond acceptors (Lipinski definition) is 4. The van der Waals surface area contributed by atoms with Gasteiger partial charge in [0.25, 0.3) is 5.91 Å². The van der Waals surface area contributed by atoms with E-state index in [4.69, 9.17) is 4.74 Å². The standard InChI is InChI=1S/C21H24FN3O2S/c1-4-24(5-2)12-13-25(20(26)15-8-6-9-16(22)14-15)21-23-19-17(27-3)10-7-11-18(19)28-21/h6-11,14H,4-5,12-13H2,1-3H3/p+1. The van der Waals surface area contributed by atoms with Gasteiger partial charge in [-0.15, -0.1) is 0 Å². The van der Waals surface area contributed by atoms with Crippen LogP contribution in [0.3, 0.4) is 0 Å². The van der Waals surface area contributed by atoms with Crippen molar-refractivity contribution in [1.29, 1.82) is 0 Å². The predicted molar refractivity (Wildman–Crippen MR) is 111 cm³/mol. The number of methoxy groups -OCH3 is 1. The SMILES string of the molecule is CC[NH+](CC)CCN(C(=O)c1cccc(F)c1)c1nc2c(OC)cccc2s1. The number of nitrogens with one attached hydrogen (secondary N) is 1. The van der Waals surface area contributed by atoms with Crippen LogP contribution < -0.4 is 14.5 Å². The summed E-state index contributed by atoms with van der Waals surface area (Å²) in [4.78, 5) is 20.9. The minimum absolute atomic E-state index is 0.246. The largest absolute Gasteiger partial charge is 0.494 e. The molecule has 0 fully saturated rings. The normalized spacial score (nSPS) is 11.2. The first kappa shape index (κ1) is 20.2. The number of carbonyl (C=O) groups is 1. The van der Waals surface area contributed by atoms with Crippen molar-refractivity contribution in [1.82, 2.24) is 4.98 Å². The third kappa shape index (κ3) is 4.31. The summed E-state index contributed by atoms with van der Waals surface area (Å²) < 4.78 is 20.0. The topological polar surface area (TPSA) is 46.9 Å². The average molecular weight is 403 g/mol. The molecule has 3 rings (SSSR count). The Morgan fingerprint density at radius 3 is 2.64 bits per heavy atom. The maximum Gasteiger partial charge on any atom is 0.260 e. The molecular formula is C21H25FN3O2S+. The Labute approximate surface area is 168 Å². The fraction of sp³-hybridized carbons (Fsp3) is 0.333. The zero-order valence-corrected chi connectivity index (χ0v) is 17.2. The second-order valence-electron chi connectivity index (χ2n) is 6.48. The number of fused-ring (bicyclic) bond motifs is 1. The molecule has 1 amide bonds. The van der Waals surface area contributed by atoms with Gasteiger partial charge in [-0.3, -0.25) is 9.69 Å². The number of thiazole rings is 1. The van der Waals surface area contributed by atoms with Gasteiger partial charge in [-0.25, -0.2) is 9.37 Å². The van der Waals surface area contributed by atoms with Crippen LogP contribution in [-0.4, -0.2) is 44.2 Å². The molecule has 0 bridgehead atoms. The monoisotopic (exact) mass is 402 g/mol. The third-order valence-corrected chi connectivity index (χ3v) is 5.87. The minimum Gasteiger partial charge on any atom is -0.494 e. The number of ether oxygens (including phenoxy) is 1. The van der Waals surface area contributed by atoms with E-state index in [-0.39, 0.29) is 5.91 Å². The number of hydrogen-bond donors (Lipinski definition) is 1. The lowest BCUT2D eigenvalue weighted by Gasteiger charge is -2.23. The van der Waals surface area contributed by atoms with Crippen molar-refractivity contribution in [3.8, 4) is 5.75 Å². The molecule has 1 heterocycles. The highest BCUT2D eigenvalue weighted by atomic mass is 32.1. The molecule has 148 valence electrons. The highest BCUT2D eigenvalue weighted by Gasteiger charge is 2.23. The number of halogens is 1. The summed E-state index contributed by atoms with van der Waals surface area (Å²) in [6.45, 7) is 7.51. The number of anilines is 1. The lowest BCUT2D eigenvalue weighted by molar-refractivity contribution is -0.894. The Morgan fingerprint density at radius 1 is 1.21 bits per heavy atom. The number of carbonyl (C=O) groups excluding carboxylic acids is 1. The van der Waals surface area contributed by atoms with Gasteiger partial charge < -0.3 is 9.64 Å². The smallest absolute Gasteiger partial charge is 0.260 e. The summed E-state index contributed by atoms with van der Waals surface area (Å²) in [6.07, 6.45) is 0. The average Bonchev–Trinajstić information content (AvgIpc) is 3.14. The highest BCUT2D eigenvalue weighted by Crippen LogP contribution is 2.34. The molecule has 1 N–H and O–H groups in total. The van der Waals surface area contributed by atoms with Crippen LogP contribution in [-0.2, 0) is 0 Å². The Hall–Kier alpha value is -2.51. The zero-order valence-electron chi connectivity index (χ0n) is 16.4. The van der Waals surface area contributed by atoms with E-state index in [0.29, 0.717) is 23.0 Å². The van der Waals surface area contributed by atoms with E-state index in [1.54, 1.807) is 24.1 Å². The number of nitrogens with zero attached hydrogens (tertiary/aromatic N) is 2. The molecule has 7 heteroatoms. The van der Waals surface area contributed by atoms with Crippen LogP contribution in [0.5, 0.6) is 5.75 Å². The van der Waals surface area contributed by atoms with Gasteiger partial charge in [0, 0.05) is 5.56 Å². The molecule has 0 spiro atoms. The third-order valence-electron chi connectivity index (χ3n) is 4.83. The molecule has 1 aromatic heterocycles. The van der Waals surface area contributed by atoms with Gasteiger partial charge in [0.2, 0.25) is 0 Å². The Balaban J connectivity index is 1.99. The van der Waals surface area contributed by atoms with Crippen molar-refractivity contribution in [3.63, 3.8) is 0 Å². The van der Waals surface area contributed by atoms with Crippen LogP contribution in [0.4, 0.5) is 9.52 Å². The number of benzene rings is 2. The Bertz CT molecular complexity index is 956. The van der Waals surface area contributed by atoms with E-state index in [2.05, 4.69) is 18.8 Å². The van der Waals surface area contributed by atoms with Crippen molar-refractivity contribution in [2.45, 2.75) is 13.8 Å². The van der Waals surface area contributed by atoms with Crippen molar-refractivity contribution >= 4 is 32.6 Å². The van der Waals surface area contributed by atoms with Crippen LogP contribution in [0.1, 0.15) is 24.2 Å². The van der Waals surface area contributed by atoms with Gasteiger partial charge in [-0.1, -0.05) is 23.5 Å². The second-order valence-corrected chi connectivity index (χ2v) is 7.49. The van der Waals surface area contributed by atoms with E-state index in [1.165, 1.54) is 28.4 Å². The van der Waals surface area contributed by atoms with Crippen LogP contribution in [0.2, 0.25) is 0 Å². The minimum atomic E-state index is -0.425. The van der Waals surface area contributed by atoms with Gasteiger partial charge in [0.15, 0.2) is 5.13 Å². The van der Waals surface area contributed by atoms with Gasteiger partial charge >= 0.3 is 0 Å². The molecule has 0 atom stereocenters. The molecule has 2 aromatic carbocycles. The number of rotatable bonds is 8. The summed E-state index contributed by atoms with van der Waals surface area (Å²) in [6, 6.07) is 11.5. The second kappa shape index (κ2) is 9.12. The molecule has 28 heavy (non-hydrogen) atoms. The Kier molecular flexibility index (Phi) is 6.59. The first-order valence-electron chi connectivity index (χ1n) is 9.41. The summed E-state index contributed by atoms with van der Waals surface area (Å²) in [7, 11) is 1.60. The van der Waals surface area contributed by atoms with Crippen LogP contribution in [0.25, 0.3) is 10.2 Å². The van der Waals surface area contributed by atoms with E-state index >= 15 is 0 Å². The predicted octanol–water partition coefficient (Wildman–Crippen LogP) is 3.02. The maximum absolute atomic E-state index is 13.7. The lowest BCUT2D eigenvalue weighted by atomic mass is 10.2.